The van der Waals surface area contributed by atoms with E-state index in [1.54, 1.807) is 19.2 Å². The van der Waals surface area contributed by atoms with E-state index in [-0.39, 0.29) is 18.3 Å². The van der Waals surface area contributed by atoms with Crippen molar-refractivity contribution in [3.63, 3.8) is 0 Å². The summed E-state index contributed by atoms with van der Waals surface area (Å²) in [6, 6.07) is 18.2. The number of halogens is 1. The van der Waals surface area contributed by atoms with E-state index in [0.717, 1.165) is 22.3 Å². The minimum atomic E-state index is -0.509. The maximum atomic E-state index is 14.3. The molecule has 0 bridgehead atoms. The number of carbonyl (C=O) groups excluding carboxylic acids is 1. The van der Waals surface area contributed by atoms with Crippen LogP contribution >= 0.6 is 0 Å². The van der Waals surface area contributed by atoms with Crippen molar-refractivity contribution in [2.24, 2.45) is 0 Å². The largest absolute Gasteiger partial charge is 0.493 e. The second kappa shape index (κ2) is 12.4. The number of carbonyl (C=O) groups is 1. The number of methoxy groups -OCH3 is 2. The fourth-order valence-corrected chi connectivity index (χ4v) is 4.37. The van der Waals surface area contributed by atoms with Crippen LogP contribution in [0.5, 0.6) is 5.75 Å². The molecule has 0 unspecified atom stereocenters. The van der Waals surface area contributed by atoms with E-state index >= 15 is 0 Å². The lowest BCUT2D eigenvalue weighted by Gasteiger charge is -2.22. The molecular formula is C31H34FN3O5. The summed E-state index contributed by atoms with van der Waals surface area (Å²) in [6.07, 6.45) is 0. The zero-order chi connectivity index (χ0) is 28.9. The number of benzene rings is 3. The molecule has 9 heteroatoms. The maximum absolute atomic E-state index is 14.3. The molecule has 0 atom stereocenters. The Bertz CT molecular complexity index is 1460. The Morgan fingerprint density at radius 3 is 2.40 bits per heavy atom. The van der Waals surface area contributed by atoms with Gasteiger partial charge in [0.05, 0.1) is 20.3 Å². The lowest BCUT2D eigenvalue weighted by Crippen LogP contribution is -2.32. The summed E-state index contributed by atoms with van der Waals surface area (Å²) >= 11 is 0. The van der Waals surface area contributed by atoms with Crippen LogP contribution < -0.4 is 4.74 Å². The molecule has 0 N–H and O–H groups in total. The Morgan fingerprint density at radius 2 is 1.73 bits per heavy atom. The van der Waals surface area contributed by atoms with Gasteiger partial charge < -0.3 is 18.7 Å². The third kappa shape index (κ3) is 7.11. The second-order valence-electron chi connectivity index (χ2n) is 10.5. The molecule has 210 valence electrons. The standard InChI is InChI=1S/C31H34FN3O5/c1-31(2,3)39-27(36)18-35(4)17-20-10-12-21(13-11-20)29-33-30(40-34-29)22-14-15-24(23(16-22)19-37-5)25-8-7-9-26(32)28(25)38-6/h7-16H,17-19H2,1-6H3. The molecular weight excluding hydrogens is 513 g/mol. The average Bonchev–Trinajstić information content (AvgIpc) is 3.38. The summed E-state index contributed by atoms with van der Waals surface area (Å²) in [5.74, 6) is 0.281. The quantitative estimate of drug-likeness (QED) is 0.219. The van der Waals surface area contributed by atoms with Gasteiger partial charge in [-0.15, -0.1) is 0 Å². The first-order valence-electron chi connectivity index (χ1n) is 12.9. The lowest BCUT2D eigenvalue weighted by molar-refractivity contribution is -0.155. The topological polar surface area (TPSA) is 86.9 Å². The van der Waals surface area contributed by atoms with Gasteiger partial charge in [0.15, 0.2) is 11.6 Å². The van der Waals surface area contributed by atoms with Crippen molar-refractivity contribution in [1.29, 1.82) is 0 Å². The second-order valence-corrected chi connectivity index (χ2v) is 10.5. The maximum Gasteiger partial charge on any atom is 0.320 e. The third-order valence-corrected chi connectivity index (χ3v) is 6.02. The third-order valence-electron chi connectivity index (χ3n) is 6.02. The molecule has 1 aromatic heterocycles. The van der Waals surface area contributed by atoms with Crippen LogP contribution in [0.4, 0.5) is 4.39 Å². The van der Waals surface area contributed by atoms with E-state index in [0.29, 0.717) is 36.0 Å². The van der Waals surface area contributed by atoms with Crippen LogP contribution in [0.25, 0.3) is 34.0 Å². The van der Waals surface area contributed by atoms with E-state index in [2.05, 4.69) is 10.1 Å². The number of esters is 1. The molecule has 0 radical (unpaired) electrons. The van der Waals surface area contributed by atoms with Crippen LogP contribution in [0.1, 0.15) is 31.9 Å². The molecule has 1 heterocycles. The summed E-state index contributed by atoms with van der Waals surface area (Å²) in [6.45, 7) is 6.64. The van der Waals surface area contributed by atoms with Crippen LogP contribution in [-0.2, 0) is 27.4 Å². The summed E-state index contributed by atoms with van der Waals surface area (Å²) in [4.78, 5) is 18.6. The highest BCUT2D eigenvalue weighted by molar-refractivity contribution is 5.76. The van der Waals surface area contributed by atoms with Crippen LogP contribution in [0.15, 0.2) is 65.2 Å². The molecule has 0 aliphatic rings. The molecule has 8 nitrogen and oxygen atoms in total. The van der Waals surface area contributed by atoms with Gasteiger partial charge in [-0.2, -0.15) is 4.98 Å². The van der Waals surface area contributed by atoms with Gasteiger partial charge in [0.25, 0.3) is 5.89 Å². The van der Waals surface area contributed by atoms with Crippen molar-refractivity contribution in [3.8, 4) is 39.7 Å². The zero-order valence-electron chi connectivity index (χ0n) is 23.7. The number of para-hydroxylation sites is 1. The van der Waals surface area contributed by atoms with Crippen molar-refractivity contribution < 1.29 is 27.9 Å². The Balaban J connectivity index is 1.50. The number of ether oxygens (including phenoxy) is 3. The van der Waals surface area contributed by atoms with Gasteiger partial charge in [0, 0.05) is 30.3 Å². The molecule has 0 saturated heterocycles. The SMILES string of the molecule is COCc1cc(-c2nc(-c3ccc(CN(C)CC(=O)OC(C)(C)C)cc3)no2)ccc1-c1cccc(F)c1OC. The van der Waals surface area contributed by atoms with Gasteiger partial charge in [0.2, 0.25) is 5.82 Å². The zero-order valence-corrected chi connectivity index (χ0v) is 23.7. The number of nitrogens with zero attached hydrogens (tertiary/aromatic N) is 3. The minimum Gasteiger partial charge on any atom is -0.493 e. The number of likely N-dealkylation sites (N-methyl/N-ethyl adjacent to an activating group) is 1. The van der Waals surface area contributed by atoms with Crippen LogP contribution in [0.2, 0.25) is 0 Å². The van der Waals surface area contributed by atoms with Crippen molar-refractivity contribution in [2.45, 2.75) is 39.5 Å². The molecule has 40 heavy (non-hydrogen) atoms. The summed E-state index contributed by atoms with van der Waals surface area (Å²) in [5.41, 5.74) is 4.27. The van der Waals surface area contributed by atoms with Crippen molar-refractivity contribution in [3.05, 3.63) is 77.6 Å². The van der Waals surface area contributed by atoms with Gasteiger partial charge in [-0.3, -0.25) is 9.69 Å². The summed E-state index contributed by atoms with van der Waals surface area (Å²) in [5, 5.41) is 4.16. The van der Waals surface area contributed by atoms with Crippen molar-refractivity contribution in [1.82, 2.24) is 15.0 Å². The molecule has 3 aromatic carbocycles. The Morgan fingerprint density at radius 1 is 1.00 bits per heavy atom. The fraction of sp³-hybridized carbons (Fsp3) is 0.323. The normalized spacial score (nSPS) is 11.6. The van der Waals surface area contributed by atoms with E-state index in [4.69, 9.17) is 18.7 Å². The Labute approximate surface area is 233 Å². The molecule has 0 amide bonds. The van der Waals surface area contributed by atoms with Gasteiger partial charge >= 0.3 is 5.97 Å². The monoisotopic (exact) mass is 547 g/mol. The van der Waals surface area contributed by atoms with E-state index in [1.807, 2.05) is 75.2 Å². The molecule has 0 saturated carbocycles. The number of hydrogen-bond acceptors (Lipinski definition) is 8. The number of hydrogen-bond donors (Lipinski definition) is 0. The number of aromatic nitrogens is 2. The van der Waals surface area contributed by atoms with Gasteiger partial charge in [-0.05, 0) is 62.7 Å². The van der Waals surface area contributed by atoms with E-state index in [1.165, 1.54) is 13.2 Å². The summed E-state index contributed by atoms with van der Waals surface area (Å²) < 4.78 is 36.0. The Hall–Kier alpha value is -4.08. The number of rotatable bonds is 10. The minimum absolute atomic E-state index is 0.173. The highest BCUT2D eigenvalue weighted by Crippen LogP contribution is 2.36. The van der Waals surface area contributed by atoms with Gasteiger partial charge in [0.1, 0.15) is 5.60 Å². The predicted molar refractivity (Wildman–Crippen MR) is 150 cm³/mol. The van der Waals surface area contributed by atoms with Crippen LogP contribution in [0.3, 0.4) is 0 Å². The summed E-state index contributed by atoms with van der Waals surface area (Å²) in [7, 11) is 4.92. The average molecular weight is 548 g/mol. The highest BCUT2D eigenvalue weighted by Gasteiger charge is 2.19. The van der Waals surface area contributed by atoms with E-state index in [9.17, 15) is 9.18 Å². The first-order chi connectivity index (χ1) is 19.1. The Kier molecular flexibility index (Phi) is 8.96. The predicted octanol–water partition coefficient (Wildman–Crippen LogP) is 6.14. The molecule has 4 rings (SSSR count). The lowest BCUT2D eigenvalue weighted by atomic mass is 9.96. The van der Waals surface area contributed by atoms with Crippen LogP contribution in [-0.4, -0.2) is 54.4 Å². The fourth-order valence-electron chi connectivity index (χ4n) is 4.37. The first kappa shape index (κ1) is 28.9. The van der Waals surface area contributed by atoms with Crippen molar-refractivity contribution in [2.75, 3.05) is 27.8 Å². The smallest absolute Gasteiger partial charge is 0.320 e. The molecule has 0 spiro atoms. The van der Waals surface area contributed by atoms with Gasteiger partial charge in [-0.1, -0.05) is 47.6 Å². The molecule has 0 aliphatic heterocycles. The molecule has 0 aliphatic carbocycles. The van der Waals surface area contributed by atoms with Gasteiger partial charge in [-0.25, -0.2) is 4.39 Å². The first-order valence-corrected chi connectivity index (χ1v) is 12.9. The van der Waals surface area contributed by atoms with Crippen LogP contribution in [0, 0.1) is 5.82 Å². The molecule has 0 fully saturated rings. The highest BCUT2D eigenvalue weighted by atomic mass is 19.1. The van der Waals surface area contributed by atoms with Crippen molar-refractivity contribution >= 4 is 5.97 Å². The van der Waals surface area contributed by atoms with E-state index < -0.39 is 11.4 Å². The molecule has 4 aromatic rings.